The van der Waals surface area contributed by atoms with Gasteiger partial charge in [-0.15, -0.1) is 0 Å². The highest BCUT2D eigenvalue weighted by molar-refractivity contribution is 6.03. The van der Waals surface area contributed by atoms with Crippen molar-refractivity contribution in [3.63, 3.8) is 0 Å². The minimum Gasteiger partial charge on any atom is -0.368 e. The molecule has 0 aliphatic carbocycles. The van der Waals surface area contributed by atoms with Gasteiger partial charge in [-0.25, -0.2) is 8.78 Å². The molecule has 0 saturated carbocycles. The molecule has 0 atom stereocenters. The lowest BCUT2D eigenvalue weighted by atomic mass is 10.2. The number of piperazine rings is 1. The average molecular weight is 394 g/mol. The number of carbonyl (C=O) groups excluding carboxylic acids is 1. The van der Waals surface area contributed by atoms with Crippen LogP contribution in [-0.4, -0.2) is 37.1 Å². The van der Waals surface area contributed by atoms with Gasteiger partial charge in [-0.3, -0.25) is 9.78 Å². The minimum absolute atomic E-state index is 0.178. The second-order valence-corrected chi connectivity index (χ2v) is 6.79. The molecule has 0 bridgehead atoms. The Bertz CT molecular complexity index is 1000. The van der Waals surface area contributed by atoms with E-state index in [4.69, 9.17) is 0 Å². The van der Waals surface area contributed by atoms with Gasteiger partial charge in [0.25, 0.3) is 5.91 Å². The first-order chi connectivity index (χ1) is 14.1. The number of nitrogens with one attached hydrogen (secondary N) is 1. The van der Waals surface area contributed by atoms with Gasteiger partial charge in [-0.2, -0.15) is 0 Å². The number of nitrogens with zero attached hydrogens (tertiary/aromatic N) is 3. The van der Waals surface area contributed by atoms with Crippen LogP contribution in [0.4, 0.5) is 25.8 Å². The average Bonchev–Trinajstić information content (AvgIpc) is 2.77. The molecule has 1 aliphatic heterocycles. The Kier molecular flexibility index (Phi) is 5.37. The monoisotopic (exact) mass is 394 g/mol. The molecule has 1 saturated heterocycles. The Labute approximate surface area is 167 Å². The van der Waals surface area contributed by atoms with Gasteiger partial charge in [0, 0.05) is 55.5 Å². The number of amides is 1. The van der Waals surface area contributed by atoms with E-state index in [1.165, 1.54) is 11.8 Å². The predicted octanol–water partition coefficient (Wildman–Crippen LogP) is 3.94. The topological polar surface area (TPSA) is 48.5 Å². The van der Waals surface area contributed by atoms with Gasteiger partial charge in [0.15, 0.2) is 11.6 Å². The van der Waals surface area contributed by atoms with E-state index in [0.717, 1.165) is 44.0 Å². The molecule has 0 spiro atoms. The van der Waals surface area contributed by atoms with Crippen LogP contribution in [0.2, 0.25) is 0 Å². The third-order valence-electron chi connectivity index (χ3n) is 4.92. The number of para-hydroxylation sites is 1. The number of aromatic nitrogens is 1. The highest BCUT2D eigenvalue weighted by atomic mass is 19.2. The van der Waals surface area contributed by atoms with Crippen molar-refractivity contribution in [1.82, 2.24) is 4.98 Å². The fourth-order valence-electron chi connectivity index (χ4n) is 3.37. The van der Waals surface area contributed by atoms with Crippen LogP contribution < -0.4 is 15.1 Å². The maximum Gasteiger partial charge on any atom is 0.274 e. The maximum atomic E-state index is 13.3. The molecule has 4 rings (SSSR count). The molecule has 1 N–H and O–H groups in total. The highest BCUT2D eigenvalue weighted by Gasteiger charge is 2.19. The molecule has 1 fully saturated rings. The van der Waals surface area contributed by atoms with Gasteiger partial charge < -0.3 is 15.1 Å². The summed E-state index contributed by atoms with van der Waals surface area (Å²) in [7, 11) is 0. The van der Waals surface area contributed by atoms with E-state index in [2.05, 4.69) is 32.2 Å². The molecule has 3 aromatic rings. The summed E-state index contributed by atoms with van der Waals surface area (Å²) in [6.07, 6.45) is 1.58. The van der Waals surface area contributed by atoms with E-state index in [0.29, 0.717) is 0 Å². The number of hydrogen-bond donors (Lipinski definition) is 1. The van der Waals surface area contributed by atoms with Crippen molar-refractivity contribution in [2.45, 2.75) is 0 Å². The summed E-state index contributed by atoms with van der Waals surface area (Å²) in [6.45, 7) is 3.40. The maximum absolute atomic E-state index is 13.3. The van der Waals surface area contributed by atoms with Crippen LogP contribution in [0.1, 0.15) is 10.5 Å². The van der Waals surface area contributed by atoms with Gasteiger partial charge in [-0.1, -0.05) is 18.2 Å². The van der Waals surface area contributed by atoms with Gasteiger partial charge in [-0.05, 0) is 36.4 Å². The summed E-state index contributed by atoms with van der Waals surface area (Å²) in [5, 5.41) is 2.55. The minimum atomic E-state index is -1.01. The van der Waals surface area contributed by atoms with Crippen LogP contribution in [0.5, 0.6) is 0 Å². The second-order valence-electron chi connectivity index (χ2n) is 6.79. The normalized spacial score (nSPS) is 14.0. The number of halogens is 2. The molecule has 148 valence electrons. The van der Waals surface area contributed by atoms with E-state index in [1.54, 1.807) is 12.3 Å². The Morgan fingerprint density at radius 1 is 0.828 bits per heavy atom. The highest BCUT2D eigenvalue weighted by Crippen LogP contribution is 2.21. The fraction of sp³-hybridized carbons (Fsp3) is 0.182. The largest absolute Gasteiger partial charge is 0.368 e. The van der Waals surface area contributed by atoms with E-state index in [-0.39, 0.29) is 11.4 Å². The number of pyridine rings is 1. The van der Waals surface area contributed by atoms with Crippen molar-refractivity contribution in [3.8, 4) is 0 Å². The molecule has 1 aliphatic rings. The van der Waals surface area contributed by atoms with Crippen molar-refractivity contribution in [3.05, 3.63) is 84.2 Å². The Morgan fingerprint density at radius 2 is 1.52 bits per heavy atom. The Morgan fingerprint density at radius 3 is 2.21 bits per heavy atom. The van der Waals surface area contributed by atoms with E-state index >= 15 is 0 Å². The molecule has 2 aromatic carbocycles. The second kappa shape index (κ2) is 8.26. The van der Waals surface area contributed by atoms with Crippen LogP contribution in [-0.2, 0) is 0 Å². The first kappa shape index (κ1) is 18.9. The Balaban J connectivity index is 1.42. The molecule has 5 nitrogen and oxygen atoms in total. The molecule has 7 heteroatoms. The summed E-state index contributed by atoms with van der Waals surface area (Å²) >= 11 is 0. The van der Waals surface area contributed by atoms with Crippen LogP contribution in [0.3, 0.4) is 0 Å². The molecule has 2 heterocycles. The SMILES string of the molecule is O=C(Nc1ccc(F)c(F)c1)c1cc(N2CCN(c3ccccc3)CC2)ccn1. The first-order valence-corrected chi connectivity index (χ1v) is 9.37. The third-order valence-corrected chi connectivity index (χ3v) is 4.92. The van der Waals surface area contributed by atoms with Crippen LogP contribution in [0.25, 0.3) is 0 Å². The molecule has 29 heavy (non-hydrogen) atoms. The number of benzene rings is 2. The zero-order valence-electron chi connectivity index (χ0n) is 15.7. The molecule has 1 amide bonds. The van der Waals surface area contributed by atoms with Crippen LogP contribution >= 0.6 is 0 Å². The van der Waals surface area contributed by atoms with Gasteiger partial charge >= 0.3 is 0 Å². The van der Waals surface area contributed by atoms with E-state index in [1.807, 2.05) is 24.3 Å². The van der Waals surface area contributed by atoms with Gasteiger partial charge in [0.1, 0.15) is 5.69 Å². The summed E-state index contributed by atoms with van der Waals surface area (Å²) in [6, 6.07) is 17.1. The number of hydrogen-bond acceptors (Lipinski definition) is 4. The Hall–Kier alpha value is -3.48. The van der Waals surface area contributed by atoms with Crippen LogP contribution in [0, 0.1) is 11.6 Å². The van der Waals surface area contributed by atoms with Crippen molar-refractivity contribution >= 4 is 23.0 Å². The third kappa shape index (κ3) is 4.34. The quantitative estimate of drug-likeness (QED) is 0.728. The number of carbonyl (C=O) groups is 1. The summed E-state index contributed by atoms with van der Waals surface area (Å²) in [5.74, 6) is -2.45. The lowest BCUT2D eigenvalue weighted by Gasteiger charge is -2.37. The van der Waals surface area contributed by atoms with Gasteiger partial charge in [0.2, 0.25) is 0 Å². The molecule has 0 radical (unpaired) electrons. The number of anilines is 3. The zero-order chi connectivity index (χ0) is 20.2. The summed E-state index contributed by atoms with van der Waals surface area (Å²) in [5.41, 5.74) is 2.51. The number of rotatable bonds is 4. The van der Waals surface area contributed by atoms with Crippen molar-refractivity contribution in [1.29, 1.82) is 0 Å². The lowest BCUT2D eigenvalue weighted by Crippen LogP contribution is -2.46. The fourth-order valence-corrected chi connectivity index (χ4v) is 3.37. The van der Waals surface area contributed by atoms with Crippen molar-refractivity contribution < 1.29 is 13.6 Å². The van der Waals surface area contributed by atoms with Crippen molar-refractivity contribution in [2.24, 2.45) is 0 Å². The predicted molar refractivity (Wildman–Crippen MR) is 109 cm³/mol. The summed E-state index contributed by atoms with van der Waals surface area (Å²) < 4.78 is 26.4. The van der Waals surface area contributed by atoms with Crippen LogP contribution in [0.15, 0.2) is 66.9 Å². The van der Waals surface area contributed by atoms with E-state index < -0.39 is 17.5 Å². The lowest BCUT2D eigenvalue weighted by molar-refractivity contribution is 0.102. The standard InChI is InChI=1S/C22H20F2N4O/c23-19-7-6-16(14-20(19)24)26-22(29)21-15-18(8-9-25-21)28-12-10-27(11-13-28)17-4-2-1-3-5-17/h1-9,14-15H,10-13H2,(H,26,29). The zero-order valence-corrected chi connectivity index (χ0v) is 15.7. The summed E-state index contributed by atoms with van der Waals surface area (Å²) in [4.78, 5) is 21.1. The molecule has 1 aromatic heterocycles. The molecular formula is C22H20F2N4O. The molecular weight excluding hydrogens is 374 g/mol. The van der Waals surface area contributed by atoms with E-state index in [9.17, 15) is 13.6 Å². The smallest absolute Gasteiger partial charge is 0.274 e. The first-order valence-electron chi connectivity index (χ1n) is 9.37. The van der Waals surface area contributed by atoms with Crippen molar-refractivity contribution in [2.75, 3.05) is 41.3 Å². The molecule has 0 unspecified atom stereocenters. The van der Waals surface area contributed by atoms with Gasteiger partial charge in [0.05, 0.1) is 0 Å².